The third-order valence-corrected chi connectivity index (χ3v) is 4.19. The second-order valence-electron chi connectivity index (χ2n) is 5.61. The van der Waals surface area contributed by atoms with Gasteiger partial charge in [-0.15, -0.1) is 0 Å². The number of aryl methyl sites for hydroxylation is 1. The van der Waals surface area contributed by atoms with Crippen LogP contribution >= 0.6 is 0 Å². The lowest BCUT2D eigenvalue weighted by atomic mass is 9.87. The Balaban J connectivity index is 2.06. The van der Waals surface area contributed by atoms with E-state index in [-0.39, 0.29) is 0 Å². The minimum absolute atomic E-state index is 0.335. The van der Waals surface area contributed by atoms with Crippen molar-refractivity contribution in [2.45, 2.75) is 25.8 Å². The van der Waals surface area contributed by atoms with E-state index in [0.717, 1.165) is 30.8 Å². The number of rotatable bonds is 3. The molecule has 0 aliphatic carbocycles. The van der Waals surface area contributed by atoms with E-state index in [1.807, 2.05) is 7.05 Å². The molecule has 0 bridgehead atoms. The molecule has 3 heteroatoms. The molecule has 0 amide bonds. The van der Waals surface area contributed by atoms with E-state index in [0.29, 0.717) is 12.0 Å². The summed E-state index contributed by atoms with van der Waals surface area (Å²) in [5.41, 5.74) is 3.52. The number of para-hydroxylation sites is 1. The molecule has 1 saturated heterocycles. The van der Waals surface area contributed by atoms with Crippen molar-refractivity contribution in [3.05, 3.63) is 41.6 Å². The Morgan fingerprint density at radius 2 is 2.20 bits per heavy atom. The minimum Gasteiger partial charge on any atom is -0.381 e. The van der Waals surface area contributed by atoms with Gasteiger partial charge >= 0.3 is 0 Å². The van der Waals surface area contributed by atoms with Crippen molar-refractivity contribution in [1.29, 1.82) is 0 Å². The second kappa shape index (κ2) is 5.90. The Labute approximate surface area is 120 Å². The number of nitrogens with zero attached hydrogens (tertiary/aromatic N) is 1. The van der Waals surface area contributed by atoms with Crippen LogP contribution in [-0.4, -0.2) is 25.2 Å². The first kappa shape index (κ1) is 13.5. The number of benzene rings is 1. The molecule has 2 aromatic rings. The van der Waals surface area contributed by atoms with Crippen LogP contribution < -0.4 is 5.32 Å². The number of aromatic nitrogens is 1. The summed E-state index contributed by atoms with van der Waals surface area (Å²) in [5.74, 6) is 0.541. The molecule has 1 N–H and O–H groups in total. The third-order valence-electron chi connectivity index (χ3n) is 4.19. The highest BCUT2D eigenvalue weighted by atomic mass is 16.5. The Bertz CT molecular complexity index is 591. The maximum absolute atomic E-state index is 5.67. The molecule has 0 saturated carbocycles. The van der Waals surface area contributed by atoms with E-state index in [2.05, 4.69) is 47.6 Å². The van der Waals surface area contributed by atoms with Gasteiger partial charge in [0.2, 0.25) is 0 Å². The van der Waals surface area contributed by atoms with Gasteiger partial charge in [-0.3, -0.25) is 4.98 Å². The minimum atomic E-state index is 0.335. The van der Waals surface area contributed by atoms with Crippen LogP contribution in [0.4, 0.5) is 0 Å². The van der Waals surface area contributed by atoms with Gasteiger partial charge in [-0.2, -0.15) is 0 Å². The molecule has 2 unspecified atom stereocenters. The second-order valence-corrected chi connectivity index (χ2v) is 5.61. The molecule has 3 rings (SSSR count). The number of fused-ring (bicyclic) bond motifs is 1. The predicted octanol–water partition coefficient (Wildman–Crippen LogP) is 3.23. The highest BCUT2D eigenvalue weighted by Gasteiger charge is 2.26. The summed E-state index contributed by atoms with van der Waals surface area (Å²) < 4.78 is 5.67. The molecule has 1 aliphatic heterocycles. The number of pyridine rings is 1. The molecule has 2 atom stereocenters. The molecule has 3 nitrogen and oxygen atoms in total. The fourth-order valence-electron chi connectivity index (χ4n) is 3.27. The van der Waals surface area contributed by atoms with Crippen LogP contribution in [0.1, 0.15) is 30.1 Å². The number of ether oxygens (including phenoxy) is 1. The Morgan fingerprint density at radius 3 is 2.95 bits per heavy atom. The van der Waals surface area contributed by atoms with E-state index in [9.17, 15) is 0 Å². The molecule has 20 heavy (non-hydrogen) atoms. The molecule has 1 fully saturated rings. The van der Waals surface area contributed by atoms with Crippen molar-refractivity contribution in [3.63, 3.8) is 0 Å². The van der Waals surface area contributed by atoms with Crippen LogP contribution in [0.15, 0.2) is 30.3 Å². The van der Waals surface area contributed by atoms with Crippen molar-refractivity contribution in [1.82, 2.24) is 10.3 Å². The smallest absolute Gasteiger partial charge is 0.0708 e. The molecule has 106 valence electrons. The summed E-state index contributed by atoms with van der Waals surface area (Å²) in [7, 11) is 2.05. The summed E-state index contributed by atoms with van der Waals surface area (Å²) in [6, 6.07) is 11.0. The van der Waals surface area contributed by atoms with Crippen molar-refractivity contribution >= 4 is 10.9 Å². The molecular formula is C17H22N2O. The third kappa shape index (κ3) is 2.56. The maximum atomic E-state index is 5.67. The van der Waals surface area contributed by atoms with Crippen molar-refractivity contribution in [2.75, 3.05) is 20.3 Å². The largest absolute Gasteiger partial charge is 0.381 e. The first-order valence-electron chi connectivity index (χ1n) is 7.41. The first-order chi connectivity index (χ1) is 9.79. The Kier molecular flexibility index (Phi) is 3.99. The van der Waals surface area contributed by atoms with Gasteiger partial charge in [0.1, 0.15) is 0 Å². The molecule has 0 radical (unpaired) electrons. The standard InChI is InChI=1S/C17H22N2O/c1-12-10-15(14-7-3-4-8-16(14)19-12)17(18-2)13-6-5-9-20-11-13/h3-4,7-8,10,13,17-18H,5-6,9,11H2,1-2H3. The first-order valence-corrected chi connectivity index (χ1v) is 7.41. The molecular weight excluding hydrogens is 248 g/mol. The van der Waals surface area contributed by atoms with Crippen LogP contribution in [-0.2, 0) is 4.74 Å². The summed E-state index contributed by atoms with van der Waals surface area (Å²) in [6.07, 6.45) is 2.38. The van der Waals surface area contributed by atoms with Gasteiger partial charge < -0.3 is 10.1 Å². The molecule has 1 aliphatic rings. The molecule has 2 heterocycles. The van der Waals surface area contributed by atoms with Crippen LogP contribution in [0.3, 0.4) is 0 Å². The summed E-state index contributed by atoms with van der Waals surface area (Å²) in [6.45, 7) is 3.82. The van der Waals surface area contributed by atoms with Crippen LogP contribution in [0, 0.1) is 12.8 Å². The zero-order valence-electron chi connectivity index (χ0n) is 12.2. The average Bonchev–Trinajstić information content (AvgIpc) is 2.49. The van der Waals surface area contributed by atoms with E-state index >= 15 is 0 Å². The zero-order chi connectivity index (χ0) is 13.9. The highest BCUT2D eigenvalue weighted by Crippen LogP contribution is 2.32. The topological polar surface area (TPSA) is 34.2 Å². The van der Waals surface area contributed by atoms with Crippen molar-refractivity contribution in [3.8, 4) is 0 Å². The van der Waals surface area contributed by atoms with Gasteiger partial charge in [0.25, 0.3) is 0 Å². The van der Waals surface area contributed by atoms with Crippen LogP contribution in [0.2, 0.25) is 0 Å². The van der Waals surface area contributed by atoms with Gasteiger partial charge in [0.15, 0.2) is 0 Å². The number of nitrogens with one attached hydrogen (secondary N) is 1. The summed E-state index contributed by atoms with van der Waals surface area (Å²) in [5, 5.41) is 4.75. The summed E-state index contributed by atoms with van der Waals surface area (Å²) >= 11 is 0. The van der Waals surface area contributed by atoms with Crippen LogP contribution in [0.5, 0.6) is 0 Å². The molecule has 0 spiro atoms. The van der Waals surface area contributed by atoms with E-state index in [1.54, 1.807) is 0 Å². The quantitative estimate of drug-likeness (QED) is 0.929. The number of hydrogen-bond acceptors (Lipinski definition) is 3. The average molecular weight is 270 g/mol. The normalized spacial score (nSPS) is 21.0. The van der Waals surface area contributed by atoms with Gasteiger partial charge in [0.05, 0.1) is 12.1 Å². The SMILES string of the molecule is CNC(c1cc(C)nc2ccccc12)C1CCCOC1. The molecule has 1 aromatic carbocycles. The van der Waals surface area contributed by atoms with E-state index in [1.165, 1.54) is 17.4 Å². The Morgan fingerprint density at radius 1 is 1.35 bits per heavy atom. The molecule has 1 aromatic heterocycles. The highest BCUT2D eigenvalue weighted by molar-refractivity contribution is 5.82. The van der Waals surface area contributed by atoms with E-state index in [4.69, 9.17) is 4.74 Å². The Hall–Kier alpha value is -1.45. The van der Waals surface area contributed by atoms with E-state index < -0.39 is 0 Å². The lowest BCUT2D eigenvalue weighted by Gasteiger charge is -2.31. The van der Waals surface area contributed by atoms with Gasteiger partial charge in [-0.05, 0) is 44.5 Å². The lowest BCUT2D eigenvalue weighted by molar-refractivity contribution is 0.0404. The van der Waals surface area contributed by atoms with Gasteiger partial charge in [0, 0.05) is 29.6 Å². The summed E-state index contributed by atoms with van der Waals surface area (Å²) in [4.78, 5) is 4.64. The predicted molar refractivity (Wildman–Crippen MR) is 81.8 cm³/mol. The monoisotopic (exact) mass is 270 g/mol. The fourth-order valence-corrected chi connectivity index (χ4v) is 3.27. The van der Waals surface area contributed by atoms with Gasteiger partial charge in [-0.25, -0.2) is 0 Å². The number of hydrogen-bond donors (Lipinski definition) is 1. The van der Waals surface area contributed by atoms with Crippen molar-refractivity contribution < 1.29 is 4.74 Å². The van der Waals surface area contributed by atoms with Crippen molar-refractivity contribution in [2.24, 2.45) is 5.92 Å². The zero-order valence-corrected chi connectivity index (χ0v) is 12.2. The fraction of sp³-hybridized carbons (Fsp3) is 0.471. The maximum Gasteiger partial charge on any atom is 0.0708 e. The van der Waals surface area contributed by atoms with Gasteiger partial charge in [-0.1, -0.05) is 18.2 Å². The van der Waals surface area contributed by atoms with Crippen LogP contribution in [0.25, 0.3) is 10.9 Å². The lowest BCUT2D eigenvalue weighted by Crippen LogP contribution is -2.31.